The van der Waals surface area contributed by atoms with Crippen molar-refractivity contribution in [2.24, 2.45) is 0 Å². The van der Waals surface area contributed by atoms with Gasteiger partial charge in [-0.3, -0.25) is 0 Å². The van der Waals surface area contributed by atoms with Crippen molar-refractivity contribution >= 4 is 8.32 Å². The van der Waals surface area contributed by atoms with E-state index < -0.39 is 14.9 Å². The molecular weight excluding hydrogens is 264 g/mol. The molecule has 3 heteroatoms. The minimum Gasteiger partial charge on any atom is -0.417 e. The molecule has 1 aromatic carbocycles. The molecule has 0 aliphatic rings. The van der Waals surface area contributed by atoms with E-state index in [4.69, 9.17) is 11.9 Å². The Bertz CT molecular complexity index is 442. The molecule has 0 aromatic heterocycles. The summed E-state index contributed by atoms with van der Waals surface area (Å²) in [6, 6.07) is 10.0. The van der Waals surface area contributed by atoms with E-state index in [9.17, 15) is 0 Å². The topological polar surface area (TPSA) is 18.5 Å². The molecule has 0 unspecified atom stereocenters. The second-order valence-electron chi connectivity index (χ2n) is 6.65. The molecule has 1 aromatic rings. The molecule has 20 heavy (non-hydrogen) atoms. The molecule has 0 amide bonds. The molecule has 0 saturated heterocycles. The highest BCUT2D eigenvalue weighted by Gasteiger charge is 2.36. The maximum atomic E-state index is 8.08. The van der Waals surface area contributed by atoms with Crippen molar-refractivity contribution in [1.29, 1.82) is 0 Å². The third kappa shape index (κ3) is 6.20. The smallest absolute Gasteiger partial charge is 0.191 e. The Morgan fingerprint density at radius 3 is 2.35 bits per heavy atom. The Labute approximate surface area is 128 Å². The second-order valence-corrected chi connectivity index (χ2v) is 11.4. The van der Waals surface area contributed by atoms with Crippen molar-refractivity contribution in [3.63, 3.8) is 0 Å². The van der Waals surface area contributed by atoms with E-state index >= 15 is 0 Å². The summed E-state index contributed by atoms with van der Waals surface area (Å²) in [7, 11) is -2.08. The van der Waals surface area contributed by atoms with Crippen LogP contribution in [0.25, 0.3) is 0 Å². The van der Waals surface area contributed by atoms with Crippen molar-refractivity contribution in [1.82, 2.24) is 0 Å². The first kappa shape index (κ1) is 14.3. The van der Waals surface area contributed by atoms with Crippen LogP contribution in [0.1, 0.15) is 41.9 Å². The van der Waals surface area contributed by atoms with Crippen LogP contribution in [-0.2, 0) is 15.8 Å². The number of ether oxygens (including phenoxy) is 1. The van der Waals surface area contributed by atoms with Crippen LogP contribution in [0.2, 0.25) is 18.1 Å². The van der Waals surface area contributed by atoms with E-state index in [0.29, 0.717) is 26.1 Å². The molecule has 0 N–H and O–H groups in total. The fourth-order valence-corrected chi connectivity index (χ4v) is 2.16. The highest BCUT2D eigenvalue weighted by Crippen LogP contribution is 2.36. The van der Waals surface area contributed by atoms with Crippen LogP contribution in [0.4, 0.5) is 0 Å². The van der Waals surface area contributed by atoms with Crippen LogP contribution >= 0.6 is 0 Å². The zero-order valence-corrected chi connectivity index (χ0v) is 14.5. The van der Waals surface area contributed by atoms with E-state index in [0.717, 1.165) is 5.56 Å². The normalized spacial score (nSPS) is 14.8. The highest BCUT2D eigenvalue weighted by atomic mass is 28.4. The number of hydrogen-bond donors (Lipinski definition) is 0. The van der Waals surface area contributed by atoms with Crippen molar-refractivity contribution in [2.45, 2.75) is 58.4 Å². The summed E-state index contributed by atoms with van der Waals surface area (Å²) in [5.41, 5.74) is 1.14. The van der Waals surface area contributed by atoms with Crippen molar-refractivity contribution < 1.29 is 11.9 Å². The molecule has 114 valence electrons. The third-order valence-electron chi connectivity index (χ3n) is 3.81. The molecule has 0 aliphatic heterocycles. The van der Waals surface area contributed by atoms with Crippen molar-refractivity contribution in [2.75, 3.05) is 13.2 Å². The van der Waals surface area contributed by atoms with Gasteiger partial charge in [0.15, 0.2) is 8.32 Å². The van der Waals surface area contributed by atoms with E-state index in [1.54, 1.807) is 0 Å². The molecule has 0 atom stereocenters. The maximum Gasteiger partial charge on any atom is 0.191 e. The summed E-state index contributed by atoms with van der Waals surface area (Å²) in [5, 5.41) is 0.0180. The highest BCUT2D eigenvalue weighted by molar-refractivity contribution is 6.74. The van der Waals surface area contributed by atoms with Crippen molar-refractivity contribution in [3.05, 3.63) is 35.9 Å². The van der Waals surface area contributed by atoms with Crippen molar-refractivity contribution in [3.8, 4) is 0 Å². The third-order valence-corrected chi connectivity index (χ3v) is 8.08. The van der Waals surface area contributed by atoms with E-state index in [2.05, 4.69) is 33.9 Å². The van der Waals surface area contributed by atoms with Gasteiger partial charge in [-0.1, -0.05) is 51.1 Å². The summed E-state index contributed by atoms with van der Waals surface area (Å²) in [6.07, 6.45) is 1.03. The van der Waals surface area contributed by atoms with E-state index in [1.165, 1.54) is 0 Å². The molecule has 0 heterocycles. The molecule has 0 fully saturated rings. The Hall–Kier alpha value is -0.643. The maximum absolute atomic E-state index is 8.08. The lowest BCUT2D eigenvalue weighted by Gasteiger charge is -2.36. The summed E-state index contributed by atoms with van der Waals surface area (Å²) in [5.74, 6) is 0. The first-order chi connectivity index (χ1) is 10.0. The predicted molar refractivity (Wildman–Crippen MR) is 88.5 cm³/mol. The largest absolute Gasteiger partial charge is 0.417 e. The number of hydrogen-bond acceptors (Lipinski definition) is 2. The lowest BCUT2D eigenvalue weighted by atomic mass is 10.2. The van der Waals surface area contributed by atoms with Gasteiger partial charge in [-0.2, -0.15) is 0 Å². The van der Waals surface area contributed by atoms with Gasteiger partial charge in [0.2, 0.25) is 0 Å². The second kappa shape index (κ2) is 7.96. The van der Waals surface area contributed by atoms with Crippen LogP contribution in [-0.4, -0.2) is 21.5 Å². The van der Waals surface area contributed by atoms with Gasteiger partial charge in [-0.05, 0) is 36.5 Å². The molecule has 0 radical (unpaired) electrons. The minimum absolute atomic E-state index is 0.0180. The molecular formula is C17H30O2Si. The number of benzene rings is 1. The quantitative estimate of drug-likeness (QED) is 0.496. The van der Waals surface area contributed by atoms with Crippen LogP contribution in [0.3, 0.4) is 0 Å². The molecule has 0 spiro atoms. The lowest BCUT2D eigenvalue weighted by molar-refractivity contribution is 0.113. The van der Waals surface area contributed by atoms with Gasteiger partial charge in [-0.25, -0.2) is 0 Å². The Balaban J connectivity index is 2.31. The van der Waals surface area contributed by atoms with E-state index in [-0.39, 0.29) is 5.04 Å². The van der Waals surface area contributed by atoms with E-state index in [1.807, 2.05) is 30.3 Å². The summed E-state index contributed by atoms with van der Waals surface area (Å²) in [4.78, 5) is 0. The van der Waals surface area contributed by atoms with Gasteiger partial charge >= 0.3 is 0 Å². The van der Waals surface area contributed by atoms with Crippen LogP contribution < -0.4 is 0 Å². The molecule has 0 aliphatic carbocycles. The number of rotatable bonds is 8. The molecule has 1 rings (SSSR count). The van der Waals surface area contributed by atoms with Gasteiger partial charge in [0, 0.05) is 13.2 Å². The predicted octanol–water partition coefficient (Wildman–Crippen LogP) is 5.01. The molecule has 0 saturated carbocycles. The SMILES string of the molecule is [2H]C([2H])(CCCOCc1ccccc1)O[Si](C)(C)C(C)(C)C. The van der Waals surface area contributed by atoms with Crippen LogP contribution in [0, 0.1) is 0 Å². The van der Waals surface area contributed by atoms with Gasteiger partial charge in [0.1, 0.15) is 0 Å². The summed E-state index contributed by atoms with van der Waals surface area (Å²) in [6.45, 7) is 10.1. The van der Waals surface area contributed by atoms with Gasteiger partial charge in [0.05, 0.1) is 9.35 Å². The Kier molecular flexibility index (Phi) is 5.69. The van der Waals surface area contributed by atoms with Gasteiger partial charge in [-0.15, -0.1) is 0 Å². The first-order valence-corrected chi connectivity index (χ1v) is 10.3. The van der Waals surface area contributed by atoms with Gasteiger partial charge in [0.25, 0.3) is 0 Å². The summed E-state index contributed by atoms with van der Waals surface area (Å²) >= 11 is 0. The minimum atomic E-state index is -2.08. The molecule has 0 bridgehead atoms. The first-order valence-electron chi connectivity index (χ1n) is 8.35. The Morgan fingerprint density at radius 2 is 1.75 bits per heavy atom. The van der Waals surface area contributed by atoms with Crippen LogP contribution in [0.5, 0.6) is 0 Å². The fourth-order valence-electron chi connectivity index (χ4n) is 1.40. The van der Waals surface area contributed by atoms with Gasteiger partial charge < -0.3 is 9.16 Å². The zero-order chi connectivity index (χ0) is 16.9. The molecule has 2 nitrogen and oxygen atoms in total. The average Bonchev–Trinajstić information content (AvgIpc) is 2.36. The monoisotopic (exact) mass is 296 g/mol. The standard InChI is InChI=1S/C17H30O2Si/c1-17(2,3)20(4,5)19-14-10-9-13-18-15-16-11-7-6-8-12-16/h6-8,11-12H,9-10,13-15H2,1-5H3/i14D2. The average molecular weight is 297 g/mol. The zero-order valence-electron chi connectivity index (χ0n) is 15.5. The fraction of sp³-hybridized carbons (Fsp3) is 0.647. The summed E-state index contributed by atoms with van der Waals surface area (Å²) < 4.78 is 27.6. The Morgan fingerprint density at radius 1 is 1.10 bits per heavy atom. The van der Waals surface area contributed by atoms with Crippen LogP contribution in [0.15, 0.2) is 30.3 Å². The lowest BCUT2D eigenvalue weighted by Crippen LogP contribution is -2.40.